The monoisotopic (exact) mass is 227 g/mol. The van der Waals surface area contributed by atoms with Crippen LogP contribution in [0, 0.1) is 29.1 Å². The van der Waals surface area contributed by atoms with Crippen molar-refractivity contribution in [2.75, 3.05) is 7.11 Å². The Morgan fingerprint density at radius 2 is 2.19 bits per heavy atom. The molecule has 0 aromatic rings. The maximum absolute atomic E-state index is 11.3. The van der Waals surface area contributed by atoms with Gasteiger partial charge in [0.1, 0.15) is 0 Å². The van der Waals surface area contributed by atoms with Crippen molar-refractivity contribution in [3.05, 3.63) is 0 Å². The molecule has 0 radical (unpaired) electrons. The third kappa shape index (κ3) is 2.31. The number of hydrogen-bond donors (Lipinski definition) is 2. The highest BCUT2D eigenvalue weighted by Crippen LogP contribution is 2.39. The van der Waals surface area contributed by atoms with Crippen molar-refractivity contribution in [3.63, 3.8) is 0 Å². The lowest BCUT2D eigenvalue weighted by Gasteiger charge is -2.16. The highest BCUT2D eigenvalue weighted by Gasteiger charge is 2.47. The molecule has 0 aromatic heterocycles. The summed E-state index contributed by atoms with van der Waals surface area (Å²) in [5.74, 6) is -3.88. The van der Waals surface area contributed by atoms with E-state index in [0.29, 0.717) is 0 Å². The van der Waals surface area contributed by atoms with Crippen molar-refractivity contribution in [1.29, 1.82) is 5.26 Å². The molecule has 16 heavy (non-hydrogen) atoms. The molecule has 0 bridgehead atoms. The van der Waals surface area contributed by atoms with Crippen LogP contribution >= 0.6 is 0 Å². The number of esters is 1. The van der Waals surface area contributed by atoms with Crippen LogP contribution in [-0.2, 0) is 14.3 Å². The van der Waals surface area contributed by atoms with E-state index in [2.05, 4.69) is 4.74 Å². The van der Waals surface area contributed by atoms with Gasteiger partial charge in [0.2, 0.25) is 0 Å². The summed E-state index contributed by atoms with van der Waals surface area (Å²) < 4.78 is 4.52. The first-order chi connectivity index (χ1) is 7.51. The maximum atomic E-state index is 11.3. The summed E-state index contributed by atoms with van der Waals surface area (Å²) in [6, 6.07) is 1.89. The van der Waals surface area contributed by atoms with E-state index in [-0.39, 0.29) is 12.8 Å². The molecule has 0 spiro atoms. The van der Waals surface area contributed by atoms with Crippen LogP contribution in [0.15, 0.2) is 0 Å². The third-order valence-corrected chi connectivity index (χ3v) is 2.95. The predicted octanol–water partition coefficient (Wildman–Crippen LogP) is -0.229. The first kappa shape index (κ1) is 12.5. The Hall–Kier alpha value is -1.61. The van der Waals surface area contributed by atoms with Crippen molar-refractivity contribution < 1.29 is 24.5 Å². The second kappa shape index (κ2) is 4.94. The zero-order valence-electron chi connectivity index (χ0n) is 8.79. The number of nitrogens with zero attached hydrogens (tertiary/aromatic N) is 1. The van der Waals surface area contributed by atoms with Gasteiger partial charge in [0.25, 0.3) is 0 Å². The number of nitriles is 1. The van der Waals surface area contributed by atoms with Gasteiger partial charge in [0.15, 0.2) is 0 Å². The van der Waals surface area contributed by atoms with Crippen LogP contribution in [0.1, 0.15) is 12.8 Å². The second-order valence-electron chi connectivity index (χ2n) is 3.85. The number of ether oxygens (including phenoxy) is 1. The summed E-state index contributed by atoms with van der Waals surface area (Å²) in [7, 11) is 1.20. The number of aliphatic hydroxyl groups is 1. The Morgan fingerprint density at radius 3 is 2.62 bits per heavy atom. The average Bonchev–Trinajstić information content (AvgIpc) is 2.54. The largest absolute Gasteiger partial charge is 0.481 e. The topological polar surface area (TPSA) is 108 Å². The molecule has 0 aromatic carbocycles. The van der Waals surface area contributed by atoms with Crippen LogP contribution in [0.2, 0.25) is 0 Å². The molecule has 6 nitrogen and oxygen atoms in total. The van der Waals surface area contributed by atoms with Crippen molar-refractivity contribution in [3.8, 4) is 6.07 Å². The number of aliphatic carboxylic acids is 1. The first-order valence-electron chi connectivity index (χ1n) is 4.88. The molecule has 1 unspecified atom stereocenters. The van der Waals surface area contributed by atoms with E-state index in [9.17, 15) is 14.7 Å². The third-order valence-electron chi connectivity index (χ3n) is 2.95. The highest BCUT2D eigenvalue weighted by atomic mass is 16.5. The van der Waals surface area contributed by atoms with Gasteiger partial charge in [-0.25, -0.2) is 0 Å². The van der Waals surface area contributed by atoms with Gasteiger partial charge >= 0.3 is 11.9 Å². The standard InChI is InChI=1S/C10H13NO5/c1-16-10(15)6-2-8(12)5(3-9(13)14)7(6)4-11/h5-8,12H,2-3H2,1H3,(H,13,14)/t5-,6-,7-,8?/m1/s1. The van der Waals surface area contributed by atoms with Gasteiger partial charge in [0, 0.05) is 5.92 Å². The van der Waals surface area contributed by atoms with Crippen molar-refractivity contribution in [2.24, 2.45) is 17.8 Å². The van der Waals surface area contributed by atoms with Gasteiger partial charge in [-0.15, -0.1) is 0 Å². The summed E-state index contributed by atoms with van der Waals surface area (Å²) in [4.78, 5) is 21.9. The Morgan fingerprint density at radius 1 is 1.56 bits per heavy atom. The molecule has 1 saturated carbocycles. The number of methoxy groups -OCH3 is 1. The SMILES string of the molecule is COC(=O)[C@@H]1CC(O)[C@H](CC(=O)O)[C@H]1C#N. The minimum absolute atomic E-state index is 0.0862. The molecular weight excluding hydrogens is 214 g/mol. The average molecular weight is 227 g/mol. The normalized spacial score (nSPS) is 33.1. The van der Waals surface area contributed by atoms with E-state index in [1.165, 1.54) is 7.11 Å². The zero-order valence-corrected chi connectivity index (χ0v) is 8.79. The molecule has 1 fully saturated rings. The number of aliphatic hydroxyl groups excluding tert-OH is 1. The lowest BCUT2D eigenvalue weighted by molar-refractivity contribution is -0.147. The second-order valence-corrected chi connectivity index (χ2v) is 3.85. The Kier molecular flexibility index (Phi) is 3.85. The fourth-order valence-corrected chi connectivity index (χ4v) is 2.16. The quantitative estimate of drug-likeness (QED) is 0.645. The summed E-state index contributed by atoms with van der Waals surface area (Å²) in [5, 5.41) is 27.2. The minimum atomic E-state index is -1.09. The molecule has 0 heterocycles. The zero-order chi connectivity index (χ0) is 12.3. The van der Waals surface area contributed by atoms with Gasteiger partial charge in [-0.1, -0.05) is 0 Å². The number of rotatable bonds is 3. The summed E-state index contributed by atoms with van der Waals surface area (Å²) in [6.45, 7) is 0. The lowest BCUT2D eigenvalue weighted by Crippen LogP contribution is -2.25. The molecule has 0 amide bonds. The van der Waals surface area contributed by atoms with Crippen LogP contribution in [0.4, 0.5) is 0 Å². The molecule has 0 saturated heterocycles. The fraction of sp³-hybridized carbons (Fsp3) is 0.700. The first-order valence-corrected chi connectivity index (χ1v) is 4.88. The van der Waals surface area contributed by atoms with Crippen LogP contribution in [0.5, 0.6) is 0 Å². The summed E-state index contributed by atoms with van der Waals surface area (Å²) in [5.41, 5.74) is 0. The van der Waals surface area contributed by atoms with Crippen molar-refractivity contribution in [2.45, 2.75) is 18.9 Å². The Balaban J connectivity index is 2.84. The fourth-order valence-electron chi connectivity index (χ4n) is 2.16. The van der Waals surface area contributed by atoms with Gasteiger partial charge in [0.05, 0.1) is 37.5 Å². The van der Waals surface area contributed by atoms with E-state index in [1.54, 1.807) is 0 Å². The van der Waals surface area contributed by atoms with Gasteiger partial charge in [-0.05, 0) is 6.42 Å². The van der Waals surface area contributed by atoms with Crippen molar-refractivity contribution >= 4 is 11.9 Å². The number of hydrogen-bond acceptors (Lipinski definition) is 5. The number of carbonyl (C=O) groups is 2. The van der Waals surface area contributed by atoms with Crippen LogP contribution in [0.25, 0.3) is 0 Å². The minimum Gasteiger partial charge on any atom is -0.481 e. The molecule has 0 aliphatic heterocycles. The smallest absolute Gasteiger partial charge is 0.310 e. The molecule has 6 heteroatoms. The van der Waals surface area contributed by atoms with E-state index in [4.69, 9.17) is 10.4 Å². The van der Waals surface area contributed by atoms with E-state index in [1.807, 2.05) is 6.07 Å². The Labute approximate surface area is 92.4 Å². The molecule has 1 aliphatic carbocycles. The molecule has 88 valence electrons. The van der Waals surface area contributed by atoms with Crippen LogP contribution in [0.3, 0.4) is 0 Å². The summed E-state index contributed by atoms with van der Waals surface area (Å²) >= 11 is 0. The molecular formula is C10H13NO5. The van der Waals surface area contributed by atoms with E-state index < -0.39 is 35.8 Å². The number of carbonyl (C=O) groups excluding carboxylic acids is 1. The van der Waals surface area contributed by atoms with Crippen molar-refractivity contribution in [1.82, 2.24) is 0 Å². The Bertz CT molecular complexity index is 335. The van der Waals surface area contributed by atoms with Crippen LogP contribution < -0.4 is 0 Å². The number of carboxylic acid groups (broad SMARTS) is 1. The molecule has 4 atom stereocenters. The summed E-state index contributed by atoms with van der Waals surface area (Å²) in [6.07, 6.45) is -1.17. The molecule has 2 N–H and O–H groups in total. The molecule has 1 aliphatic rings. The van der Waals surface area contributed by atoms with Gasteiger partial charge in [-0.3, -0.25) is 9.59 Å². The van der Waals surface area contributed by atoms with Gasteiger partial charge in [-0.2, -0.15) is 5.26 Å². The highest BCUT2D eigenvalue weighted by molar-refractivity contribution is 5.74. The maximum Gasteiger partial charge on any atom is 0.310 e. The van der Waals surface area contributed by atoms with E-state index in [0.717, 1.165) is 0 Å². The lowest BCUT2D eigenvalue weighted by atomic mass is 9.88. The van der Waals surface area contributed by atoms with Crippen LogP contribution in [-0.4, -0.2) is 35.4 Å². The van der Waals surface area contributed by atoms with Gasteiger partial charge < -0.3 is 14.9 Å². The predicted molar refractivity (Wildman–Crippen MR) is 51.0 cm³/mol. The number of carboxylic acids is 1. The molecule has 1 rings (SSSR count). The van der Waals surface area contributed by atoms with E-state index >= 15 is 0 Å².